The minimum Gasteiger partial charge on any atom is -0.343 e. The minimum atomic E-state index is 0.0177. The van der Waals surface area contributed by atoms with Crippen molar-refractivity contribution in [2.75, 3.05) is 36.4 Å². The van der Waals surface area contributed by atoms with Crippen molar-refractivity contribution in [2.45, 2.75) is 26.8 Å². The summed E-state index contributed by atoms with van der Waals surface area (Å²) in [7, 11) is 1.89. The third-order valence-electron chi connectivity index (χ3n) is 4.52. The number of aromatic nitrogens is 3. The molecule has 0 unspecified atom stereocenters. The Bertz CT molecular complexity index is 710. The number of aryl methyl sites for hydroxylation is 2. The summed E-state index contributed by atoms with van der Waals surface area (Å²) < 4.78 is 1.79. The van der Waals surface area contributed by atoms with Crippen LogP contribution in [0.2, 0.25) is 0 Å². The van der Waals surface area contributed by atoms with E-state index < -0.39 is 0 Å². The van der Waals surface area contributed by atoms with Crippen molar-refractivity contribution in [3.63, 3.8) is 0 Å². The molecule has 0 aliphatic carbocycles. The van der Waals surface area contributed by atoms with Crippen molar-refractivity contribution in [3.8, 4) is 0 Å². The second-order valence-corrected chi connectivity index (χ2v) is 7.18. The maximum absolute atomic E-state index is 12.4. The molecule has 0 radical (unpaired) electrons. The minimum absolute atomic E-state index is 0.0177. The van der Waals surface area contributed by atoms with E-state index in [1.807, 2.05) is 32.5 Å². The number of anilines is 2. The van der Waals surface area contributed by atoms with E-state index in [0.717, 1.165) is 41.8 Å². The maximum Gasteiger partial charge on any atom is 0.238 e. The molecule has 130 valence electrons. The SMILES string of the molecule is Cc1nn(C)c(C)c1NC(=O)CN1CCN(c2nccs2)[C@H](C)C1. The molecule has 0 saturated carbocycles. The number of thiazole rings is 1. The van der Waals surface area contributed by atoms with Gasteiger partial charge in [-0.15, -0.1) is 11.3 Å². The number of amides is 1. The molecule has 7 nitrogen and oxygen atoms in total. The van der Waals surface area contributed by atoms with Crippen molar-refractivity contribution in [2.24, 2.45) is 7.05 Å². The summed E-state index contributed by atoms with van der Waals surface area (Å²) in [5, 5.41) is 10.4. The van der Waals surface area contributed by atoms with E-state index in [4.69, 9.17) is 0 Å². The van der Waals surface area contributed by atoms with Crippen molar-refractivity contribution in [1.82, 2.24) is 19.7 Å². The normalized spacial score (nSPS) is 18.8. The number of hydrogen-bond donors (Lipinski definition) is 1. The molecule has 3 heterocycles. The fraction of sp³-hybridized carbons (Fsp3) is 0.562. The van der Waals surface area contributed by atoms with E-state index in [-0.39, 0.29) is 5.91 Å². The van der Waals surface area contributed by atoms with E-state index in [1.165, 1.54) is 0 Å². The lowest BCUT2D eigenvalue weighted by Gasteiger charge is -2.39. The topological polar surface area (TPSA) is 66.3 Å². The van der Waals surface area contributed by atoms with E-state index in [2.05, 4.69) is 32.1 Å². The quantitative estimate of drug-likeness (QED) is 0.910. The smallest absolute Gasteiger partial charge is 0.238 e. The summed E-state index contributed by atoms with van der Waals surface area (Å²) in [6.45, 7) is 9.08. The van der Waals surface area contributed by atoms with Crippen LogP contribution in [0.5, 0.6) is 0 Å². The van der Waals surface area contributed by atoms with Gasteiger partial charge in [0.2, 0.25) is 5.91 Å². The molecule has 1 amide bonds. The van der Waals surface area contributed by atoms with Gasteiger partial charge in [0.15, 0.2) is 5.13 Å². The Kier molecular flexibility index (Phi) is 4.86. The van der Waals surface area contributed by atoms with Crippen LogP contribution in [0.25, 0.3) is 0 Å². The van der Waals surface area contributed by atoms with Gasteiger partial charge in [-0.25, -0.2) is 4.98 Å². The van der Waals surface area contributed by atoms with Gasteiger partial charge in [0.05, 0.1) is 23.6 Å². The molecule has 1 saturated heterocycles. The number of hydrogen-bond acceptors (Lipinski definition) is 6. The average Bonchev–Trinajstić information content (AvgIpc) is 3.12. The van der Waals surface area contributed by atoms with Gasteiger partial charge in [-0.1, -0.05) is 0 Å². The molecule has 1 aliphatic rings. The zero-order valence-corrected chi connectivity index (χ0v) is 15.4. The lowest BCUT2D eigenvalue weighted by Crippen LogP contribution is -2.53. The summed E-state index contributed by atoms with van der Waals surface area (Å²) in [5.41, 5.74) is 2.66. The zero-order chi connectivity index (χ0) is 17.3. The van der Waals surface area contributed by atoms with Gasteiger partial charge < -0.3 is 10.2 Å². The summed E-state index contributed by atoms with van der Waals surface area (Å²) in [5.74, 6) is 0.0177. The molecular weight excluding hydrogens is 324 g/mol. The first-order valence-electron chi connectivity index (χ1n) is 8.14. The van der Waals surface area contributed by atoms with Crippen LogP contribution in [-0.2, 0) is 11.8 Å². The molecule has 0 bridgehead atoms. The molecule has 2 aromatic rings. The second kappa shape index (κ2) is 6.90. The predicted octanol–water partition coefficient (Wildman–Crippen LogP) is 1.64. The van der Waals surface area contributed by atoms with Crippen LogP contribution in [0.3, 0.4) is 0 Å². The lowest BCUT2D eigenvalue weighted by atomic mass is 10.2. The van der Waals surface area contributed by atoms with E-state index in [1.54, 1.807) is 16.0 Å². The third-order valence-corrected chi connectivity index (χ3v) is 5.33. The van der Waals surface area contributed by atoms with Crippen LogP contribution in [-0.4, -0.2) is 57.8 Å². The Hall–Kier alpha value is -1.93. The highest BCUT2D eigenvalue weighted by molar-refractivity contribution is 7.13. The van der Waals surface area contributed by atoms with Crippen molar-refractivity contribution >= 4 is 28.1 Å². The summed E-state index contributed by atoms with van der Waals surface area (Å²) in [6, 6.07) is 0.347. The molecule has 1 fully saturated rings. The Morgan fingerprint density at radius 3 is 2.79 bits per heavy atom. The standard InChI is InChI=1S/C16H24N6OS/c1-11-9-21(6-7-22(11)16-17-5-8-24-16)10-14(23)18-15-12(2)19-20(4)13(15)3/h5,8,11H,6-7,9-10H2,1-4H3,(H,18,23)/t11-/m1/s1. The van der Waals surface area contributed by atoms with E-state index >= 15 is 0 Å². The maximum atomic E-state index is 12.4. The summed E-state index contributed by atoms with van der Waals surface area (Å²) >= 11 is 1.66. The molecule has 1 atom stereocenters. The highest BCUT2D eigenvalue weighted by Crippen LogP contribution is 2.23. The molecule has 0 aromatic carbocycles. The van der Waals surface area contributed by atoms with Crippen LogP contribution in [0.15, 0.2) is 11.6 Å². The number of rotatable bonds is 4. The third kappa shape index (κ3) is 3.44. The van der Waals surface area contributed by atoms with E-state index in [0.29, 0.717) is 12.6 Å². The van der Waals surface area contributed by atoms with Crippen LogP contribution < -0.4 is 10.2 Å². The number of carbonyl (C=O) groups excluding carboxylic acids is 1. The Morgan fingerprint density at radius 2 is 2.21 bits per heavy atom. The van der Waals surface area contributed by atoms with Gasteiger partial charge in [0.1, 0.15) is 0 Å². The van der Waals surface area contributed by atoms with Crippen molar-refractivity contribution in [1.29, 1.82) is 0 Å². The molecule has 0 spiro atoms. The highest BCUT2D eigenvalue weighted by atomic mass is 32.1. The first-order valence-corrected chi connectivity index (χ1v) is 9.02. The number of piperazine rings is 1. The predicted molar refractivity (Wildman–Crippen MR) is 96.7 cm³/mol. The van der Waals surface area contributed by atoms with Crippen LogP contribution in [0, 0.1) is 13.8 Å². The Labute approximate surface area is 146 Å². The van der Waals surface area contributed by atoms with Gasteiger partial charge in [-0.2, -0.15) is 5.10 Å². The largest absolute Gasteiger partial charge is 0.343 e. The van der Waals surface area contributed by atoms with Crippen LogP contribution in [0.1, 0.15) is 18.3 Å². The highest BCUT2D eigenvalue weighted by Gasteiger charge is 2.26. The summed E-state index contributed by atoms with van der Waals surface area (Å²) in [6.07, 6.45) is 1.84. The Balaban J connectivity index is 1.56. The Morgan fingerprint density at radius 1 is 1.42 bits per heavy atom. The first kappa shape index (κ1) is 16.9. The number of carbonyl (C=O) groups is 1. The molecule has 2 aromatic heterocycles. The van der Waals surface area contributed by atoms with Crippen molar-refractivity contribution in [3.05, 3.63) is 23.0 Å². The second-order valence-electron chi connectivity index (χ2n) is 6.31. The number of nitrogens with zero attached hydrogens (tertiary/aromatic N) is 5. The van der Waals surface area contributed by atoms with Gasteiger partial charge >= 0.3 is 0 Å². The average molecular weight is 348 g/mol. The number of nitrogens with one attached hydrogen (secondary N) is 1. The monoisotopic (exact) mass is 348 g/mol. The van der Waals surface area contributed by atoms with Gasteiger partial charge in [0.25, 0.3) is 0 Å². The van der Waals surface area contributed by atoms with Crippen LogP contribution in [0.4, 0.5) is 10.8 Å². The van der Waals surface area contributed by atoms with Gasteiger partial charge in [0, 0.05) is 44.3 Å². The van der Waals surface area contributed by atoms with E-state index in [9.17, 15) is 4.79 Å². The van der Waals surface area contributed by atoms with Crippen molar-refractivity contribution < 1.29 is 4.79 Å². The molecule has 1 N–H and O–H groups in total. The first-order chi connectivity index (χ1) is 11.5. The lowest BCUT2D eigenvalue weighted by molar-refractivity contribution is -0.117. The van der Waals surface area contributed by atoms with Gasteiger partial charge in [-0.05, 0) is 20.8 Å². The summed E-state index contributed by atoms with van der Waals surface area (Å²) in [4.78, 5) is 21.3. The van der Waals surface area contributed by atoms with Gasteiger partial charge in [-0.3, -0.25) is 14.4 Å². The molecular formula is C16H24N6OS. The zero-order valence-electron chi connectivity index (χ0n) is 14.6. The molecule has 24 heavy (non-hydrogen) atoms. The fourth-order valence-corrected chi connectivity index (χ4v) is 3.93. The fourth-order valence-electron chi connectivity index (χ4n) is 3.16. The molecule has 1 aliphatic heterocycles. The molecule has 8 heteroatoms. The van der Waals surface area contributed by atoms with Crippen LogP contribution >= 0.6 is 11.3 Å². The molecule has 3 rings (SSSR count).